The minimum absolute atomic E-state index is 0.00575. The molecule has 194 valence electrons. The lowest BCUT2D eigenvalue weighted by atomic mass is 9.92. The third kappa shape index (κ3) is 5.02. The van der Waals surface area contributed by atoms with Crippen LogP contribution in [0.2, 0.25) is 5.02 Å². The Kier molecular flexibility index (Phi) is 6.27. The maximum Gasteiger partial charge on any atom is 0.123 e. The zero-order chi connectivity index (χ0) is 27.1. The van der Waals surface area contributed by atoms with Crippen LogP contribution in [0.15, 0.2) is 48.8 Å². The van der Waals surface area contributed by atoms with Crippen LogP contribution in [-0.4, -0.2) is 37.2 Å². The van der Waals surface area contributed by atoms with Gasteiger partial charge in [-0.25, -0.2) is 9.07 Å². The molecule has 0 radical (unpaired) electrons. The highest BCUT2D eigenvalue weighted by Crippen LogP contribution is 2.38. The maximum absolute atomic E-state index is 13.8. The Morgan fingerprint density at radius 2 is 2.03 bits per heavy atom. The van der Waals surface area contributed by atoms with E-state index in [9.17, 15) is 16.1 Å². The molecule has 2 heterocycles. The SMILES string of the molecule is [2H]C(Nc1cc(Cl)c2ncc(C#N)c(N[C@H]3CCC[C@@H](O)C3)c2c1)(c1ccc(F)cc1)c1cn(C2CC2)nn1. The number of pyridine rings is 1. The molecule has 0 aliphatic heterocycles. The lowest BCUT2D eigenvalue weighted by molar-refractivity contribution is 0.124. The number of rotatable bonds is 7. The van der Waals surface area contributed by atoms with Crippen molar-refractivity contribution in [2.45, 2.75) is 62.7 Å². The van der Waals surface area contributed by atoms with E-state index in [1.807, 2.05) is 0 Å². The molecule has 0 saturated heterocycles. The molecule has 0 amide bonds. The number of nitrogens with zero attached hydrogens (tertiary/aromatic N) is 5. The van der Waals surface area contributed by atoms with Crippen molar-refractivity contribution in [2.75, 3.05) is 10.6 Å². The van der Waals surface area contributed by atoms with Gasteiger partial charge in [0, 0.05) is 23.3 Å². The Morgan fingerprint density at radius 3 is 2.76 bits per heavy atom. The molecule has 4 aromatic rings. The van der Waals surface area contributed by atoms with E-state index in [1.165, 1.54) is 18.3 Å². The predicted molar refractivity (Wildman–Crippen MR) is 144 cm³/mol. The number of aliphatic hydroxyl groups excluding tert-OH is 1. The molecule has 2 aliphatic carbocycles. The minimum Gasteiger partial charge on any atom is -0.393 e. The van der Waals surface area contributed by atoms with E-state index in [2.05, 4.69) is 32.0 Å². The second-order valence-electron chi connectivity index (χ2n) is 10.00. The first-order valence-electron chi connectivity index (χ1n) is 13.3. The Hall–Kier alpha value is -3.74. The molecule has 38 heavy (non-hydrogen) atoms. The van der Waals surface area contributed by atoms with Gasteiger partial charge in [-0.2, -0.15) is 5.26 Å². The normalized spacial score (nSPS) is 21.4. The van der Waals surface area contributed by atoms with Crippen molar-refractivity contribution in [1.82, 2.24) is 20.0 Å². The molecule has 6 rings (SSSR count). The summed E-state index contributed by atoms with van der Waals surface area (Å²) in [5, 5.41) is 36.2. The molecule has 0 bridgehead atoms. The van der Waals surface area contributed by atoms with Gasteiger partial charge in [0.05, 0.1) is 47.5 Å². The highest BCUT2D eigenvalue weighted by Gasteiger charge is 2.27. The molecule has 2 aromatic heterocycles. The molecule has 3 atom stereocenters. The fraction of sp³-hybridized carbons (Fsp3) is 0.357. The second-order valence-corrected chi connectivity index (χ2v) is 10.4. The fourth-order valence-electron chi connectivity index (χ4n) is 5.03. The standard InChI is InChI=1S/C28H27ClFN7O/c29-24-12-20(11-23-26(17(13-31)14-32-28(23)24)33-19-2-1-3-22(38)10-19)34-27(16-4-6-18(30)7-5-16)25-15-37(36-35-25)21-8-9-21/h4-7,11-12,14-15,19,21-22,27,34,38H,1-3,8-10H2,(H,32,33)/t19-,22+,27?/m0/s1/i27D. The van der Waals surface area contributed by atoms with E-state index in [-0.39, 0.29) is 18.2 Å². The predicted octanol–water partition coefficient (Wildman–Crippen LogP) is 5.74. The largest absolute Gasteiger partial charge is 0.393 e. The number of nitrogens with one attached hydrogen (secondary N) is 2. The van der Waals surface area contributed by atoms with Gasteiger partial charge < -0.3 is 15.7 Å². The van der Waals surface area contributed by atoms with Gasteiger partial charge in [-0.3, -0.25) is 4.98 Å². The summed E-state index contributed by atoms with van der Waals surface area (Å²) < 4.78 is 25.1. The minimum atomic E-state index is -1.61. The Bertz CT molecular complexity index is 1570. The monoisotopic (exact) mass is 532 g/mol. The zero-order valence-electron chi connectivity index (χ0n) is 21.5. The number of aliphatic hydroxyl groups is 1. The molecular formula is C28H27ClFN7O. The van der Waals surface area contributed by atoms with Gasteiger partial charge in [-0.05, 0) is 68.4 Å². The summed E-state index contributed by atoms with van der Waals surface area (Å²) >= 11 is 6.70. The number of nitriles is 1. The maximum atomic E-state index is 13.8. The van der Waals surface area contributed by atoms with Crippen molar-refractivity contribution in [1.29, 1.82) is 5.26 Å². The van der Waals surface area contributed by atoms with Crippen molar-refractivity contribution in [3.05, 3.63) is 76.5 Å². The van der Waals surface area contributed by atoms with Crippen molar-refractivity contribution in [2.24, 2.45) is 0 Å². The highest BCUT2D eigenvalue weighted by atomic mass is 35.5. The summed E-state index contributed by atoms with van der Waals surface area (Å²) in [5.41, 5.74) is 2.79. The summed E-state index contributed by atoms with van der Waals surface area (Å²) in [6.45, 7) is 0. The second kappa shape index (κ2) is 10.2. The summed E-state index contributed by atoms with van der Waals surface area (Å²) in [6.07, 6.45) is 7.98. The van der Waals surface area contributed by atoms with E-state index in [1.54, 1.807) is 35.1 Å². The number of anilines is 2. The lowest BCUT2D eigenvalue weighted by Gasteiger charge is -2.28. The van der Waals surface area contributed by atoms with Crippen LogP contribution in [-0.2, 0) is 0 Å². The van der Waals surface area contributed by atoms with E-state index in [4.69, 9.17) is 11.6 Å². The summed E-state index contributed by atoms with van der Waals surface area (Å²) in [4.78, 5) is 4.43. The van der Waals surface area contributed by atoms with Crippen LogP contribution in [0.3, 0.4) is 0 Å². The summed E-state index contributed by atoms with van der Waals surface area (Å²) in [7, 11) is 0. The Morgan fingerprint density at radius 1 is 1.21 bits per heavy atom. The quantitative estimate of drug-likeness (QED) is 0.278. The zero-order valence-corrected chi connectivity index (χ0v) is 21.3. The smallest absolute Gasteiger partial charge is 0.123 e. The molecule has 2 aromatic carbocycles. The summed E-state index contributed by atoms with van der Waals surface area (Å²) in [5.74, 6) is -0.407. The molecule has 1 unspecified atom stereocenters. The third-order valence-corrected chi connectivity index (χ3v) is 7.42. The van der Waals surface area contributed by atoms with Crippen LogP contribution < -0.4 is 10.6 Å². The van der Waals surface area contributed by atoms with Crippen LogP contribution in [0, 0.1) is 17.1 Å². The van der Waals surface area contributed by atoms with Crippen molar-refractivity contribution in [3.8, 4) is 6.07 Å². The number of hydrogen-bond acceptors (Lipinski definition) is 7. The molecule has 2 fully saturated rings. The molecular weight excluding hydrogens is 505 g/mol. The third-order valence-electron chi connectivity index (χ3n) is 7.13. The van der Waals surface area contributed by atoms with E-state index >= 15 is 0 Å². The summed E-state index contributed by atoms with van der Waals surface area (Å²) in [6, 6.07) is 10.1. The van der Waals surface area contributed by atoms with Crippen molar-refractivity contribution < 1.29 is 10.9 Å². The topological polar surface area (TPSA) is 112 Å². The van der Waals surface area contributed by atoms with Gasteiger partial charge in [-0.15, -0.1) is 5.10 Å². The highest BCUT2D eigenvalue weighted by molar-refractivity contribution is 6.35. The van der Waals surface area contributed by atoms with Gasteiger partial charge in [0.15, 0.2) is 0 Å². The van der Waals surface area contributed by atoms with Crippen LogP contribution >= 0.6 is 11.6 Å². The average molecular weight is 533 g/mol. The molecule has 3 N–H and O–H groups in total. The first-order valence-corrected chi connectivity index (χ1v) is 13.2. The van der Waals surface area contributed by atoms with Crippen molar-refractivity contribution >= 4 is 33.9 Å². The van der Waals surface area contributed by atoms with E-state index < -0.39 is 11.8 Å². The Labute approximate surface area is 225 Å². The first kappa shape index (κ1) is 23.4. The number of fused-ring (bicyclic) bond motifs is 1. The van der Waals surface area contributed by atoms with E-state index in [0.29, 0.717) is 50.5 Å². The van der Waals surface area contributed by atoms with Gasteiger partial charge in [-0.1, -0.05) is 28.9 Å². The van der Waals surface area contributed by atoms with Crippen molar-refractivity contribution in [3.63, 3.8) is 0 Å². The van der Waals surface area contributed by atoms with Crippen LogP contribution in [0.4, 0.5) is 15.8 Å². The molecule has 0 spiro atoms. The number of aromatic nitrogens is 4. The number of halogens is 2. The Balaban J connectivity index is 1.44. The average Bonchev–Trinajstić information content (AvgIpc) is 3.65. The van der Waals surface area contributed by atoms with Gasteiger partial charge >= 0.3 is 0 Å². The number of hydrogen-bond donors (Lipinski definition) is 3. The van der Waals surface area contributed by atoms with E-state index in [0.717, 1.165) is 32.1 Å². The molecule has 8 nitrogen and oxygen atoms in total. The van der Waals surface area contributed by atoms with Crippen LogP contribution in [0.1, 0.15) is 68.8 Å². The lowest BCUT2D eigenvalue weighted by Crippen LogP contribution is -2.30. The van der Waals surface area contributed by atoms with Gasteiger partial charge in [0.1, 0.15) is 17.6 Å². The van der Waals surface area contributed by atoms with Gasteiger partial charge in [0.2, 0.25) is 0 Å². The fourth-order valence-corrected chi connectivity index (χ4v) is 5.29. The van der Waals surface area contributed by atoms with Gasteiger partial charge in [0.25, 0.3) is 0 Å². The molecule has 2 saturated carbocycles. The van der Waals surface area contributed by atoms with Crippen LogP contribution in [0.25, 0.3) is 10.9 Å². The first-order chi connectivity index (χ1) is 18.8. The number of benzene rings is 2. The molecule has 2 aliphatic rings. The van der Waals surface area contributed by atoms with Crippen LogP contribution in [0.5, 0.6) is 0 Å². The molecule has 10 heteroatoms.